The quantitative estimate of drug-likeness (QED) is 0.670. The SMILES string of the molecule is CC(O)c1ccc(Oc2ccc(Br)cc2)c([N+](=O)[O-])c1. The summed E-state index contributed by atoms with van der Waals surface area (Å²) in [6.45, 7) is 1.55. The average molecular weight is 338 g/mol. The van der Waals surface area contributed by atoms with E-state index in [0.717, 1.165) is 4.47 Å². The maximum absolute atomic E-state index is 11.1. The molecule has 0 aliphatic carbocycles. The Morgan fingerprint density at radius 3 is 2.45 bits per heavy atom. The number of nitro groups is 1. The molecule has 2 aromatic carbocycles. The number of halogens is 1. The normalized spacial score (nSPS) is 11.9. The Hall–Kier alpha value is -1.92. The summed E-state index contributed by atoms with van der Waals surface area (Å²) in [5.74, 6) is 0.641. The molecule has 6 heteroatoms. The highest BCUT2D eigenvalue weighted by atomic mass is 79.9. The van der Waals surface area contributed by atoms with Crippen LogP contribution in [0.5, 0.6) is 11.5 Å². The van der Waals surface area contributed by atoms with Gasteiger partial charge in [-0.25, -0.2) is 0 Å². The van der Waals surface area contributed by atoms with E-state index in [2.05, 4.69) is 15.9 Å². The molecule has 2 aromatic rings. The summed E-state index contributed by atoms with van der Waals surface area (Å²) >= 11 is 3.30. The maximum Gasteiger partial charge on any atom is 0.311 e. The molecule has 1 unspecified atom stereocenters. The van der Waals surface area contributed by atoms with E-state index in [-0.39, 0.29) is 11.4 Å². The van der Waals surface area contributed by atoms with Crippen LogP contribution in [-0.4, -0.2) is 10.0 Å². The highest BCUT2D eigenvalue weighted by Crippen LogP contribution is 2.33. The number of nitro benzene ring substituents is 1. The molecule has 0 fully saturated rings. The van der Waals surface area contributed by atoms with Crippen LogP contribution in [0.3, 0.4) is 0 Å². The first-order valence-corrected chi connectivity index (χ1v) is 6.66. The van der Waals surface area contributed by atoms with Crippen molar-refractivity contribution in [2.75, 3.05) is 0 Å². The molecule has 0 spiro atoms. The van der Waals surface area contributed by atoms with Crippen LogP contribution in [0.2, 0.25) is 0 Å². The lowest BCUT2D eigenvalue weighted by atomic mass is 10.1. The van der Waals surface area contributed by atoms with Crippen LogP contribution in [0, 0.1) is 10.1 Å². The minimum atomic E-state index is -0.768. The molecular formula is C14H12BrNO4. The van der Waals surface area contributed by atoms with Crippen molar-refractivity contribution in [3.8, 4) is 11.5 Å². The molecule has 0 saturated heterocycles. The zero-order valence-electron chi connectivity index (χ0n) is 10.6. The van der Waals surface area contributed by atoms with E-state index < -0.39 is 11.0 Å². The van der Waals surface area contributed by atoms with Crippen LogP contribution in [0.4, 0.5) is 5.69 Å². The number of nitrogens with zero attached hydrogens (tertiary/aromatic N) is 1. The third-order valence-corrected chi connectivity index (χ3v) is 3.23. The number of aliphatic hydroxyl groups is 1. The van der Waals surface area contributed by atoms with Crippen molar-refractivity contribution in [3.63, 3.8) is 0 Å². The van der Waals surface area contributed by atoms with Gasteiger partial charge in [0.25, 0.3) is 0 Å². The zero-order chi connectivity index (χ0) is 14.7. The molecule has 1 N–H and O–H groups in total. The van der Waals surface area contributed by atoms with Gasteiger partial charge in [-0.1, -0.05) is 22.0 Å². The van der Waals surface area contributed by atoms with Gasteiger partial charge in [0.05, 0.1) is 11.0 Å². The molecule has 2 rings (SSSR count). The molecule has 0 amide bonds. The first-order valence-electron chi connectivity index (χ1n) is 5.87. The van der Waals surface area contributed by atoms with Crippen LogP contribution in [0.25, 0.3) is 0 Å². The van der Waals surface area contributed by atoms with Crippen molar-refractivity contribution >= 4 is 21.6 Å². The predicted octanol–water partition coefficient (Wildman–Crippen LogP) is 4.20. The molecular weight excluding hydrogens is 326 g/mol. The van der Waals surface area contributed by atoms with Gasteiger partial charge in [0.1, 0.15) is 5.75 Å². The van der Waals surface area contributed by atoms with Crippen LogP contribution < -0.4 is 4.74 Å². The Bertz CT molecular complexity index is 626. The third-order valence-electron chi connectivity index (χ3n) is 2.70. The summed E-state index contributed by atoms with van der Waals surface area (Å²) in [6.07, 6.45) is -0.768. The number of rotatable bonds is 4. The molecule has 0 aliphatic rings. The van der Waals surface area contributed by atoms with E-state index >= 15 is 0 Å². The lowest BCUT2D eigenvalue weighted by Gasteiger charge is -2.09. The molecule has 1 atom stereocenters. The minimum absolute atomic E-state index is 0.140. The van der Waals surface area contributed by atoms with Crippen molar-refractivity contribution in [3.05, 3.63) is 62.6 Å². The number of ether oxygens (including phenoxy) is 1. The molecule has 0 saturated carbocycles. The summed E-state index contributed by atoms with van der Waals surface area (Å²) in [6, 6.07) is 11.4. The molecule has 0 aromatic heterocycles. The highest BCUT2D eigenvalue weighted by Gasteiger charge is 2.18. The van der Waals surface area contributed by atoms with Gasteiger partial charge in [-0.2, -0.15) is 0 Å². The first kappa shape index (κ1) is 14.5. The Morgan fingerprint density at radius 2 is 1.90 bits per heavy atom. The molecule has 0 heterocycles. The predicted molar refractivity (Wildman–Crippen MR) is 77.9 cm³/mol. The van der Waals surface area contributed by atoms with E-state index in [9.17, 15) is 15.2 Å². The van der Waals surface area contributed by atoms with Gasteiger partial charge >= 0.3 is 5.69 Å². The number of aliphatic hydroxyl groups excluding tert-OH is 1. The zero-order valence-corrected chi connectivity index (χ0v) is 12.2. The van der Waals surface area contributed by atoms with E-state index in [1.165, 1.54) is 12.1 Å². The van der Waals surface area contributed by atoms with Crippen molar-refractivity contribution in [2.24, 2.45) is 0 Å². The van der Waals surface area contributed by atoms with Crippen molar-refractivity contribution in [2.45, 2.75) is 13.0 Å². The van der Waals surface area contributed by atoms with Gasteiger partial charge in [-0.05, 0) is 42.8 Å². The molecule has 0 radical (unpaired) electrons. The number of hydrogen-bond acceptors (Lipinski definition) is 4. The van der Waals surface area contributed by atoms with Crippen molar-refractivity contribution in [1.82, 2.24) is 0 Å². The van der Waals surface area contributed by atoms with Gasteiger partial charge in [-0.3, -0.25) is 10.1 Å². The van der Waals surface area contributed by atoms with Gasteiger partial charge in [0.15, 0.2) is 0 Å². The second kappa shape index (κ2) is 6.02. The van der Waals surface area contributed by atoms with Gasteiger partial charge < -0.3 is 9.84 Å². The van der Waals surface area contributed by atoms with E-state index in [1.807, 2.05) is 0 Å². The maximum atomic E-state index is 11.1. The van der Waals surface area contributed by atoms with Gasteiger partial charge in [0, 0.05) is 10.5 Å². The highest BCUT2D eigenvalue weighted by molar-refractivity contribution is 9.10. The summed E-state index contributed by atoms with van der Waals surface area (Å²) in [5.41, 5.74) is 0.297. The summed E-state index contributed by atoms with van der Waals surface area (Å²) in [5, 5.41) is 20.5. The Kier molecular flexibility index (Phi) is 4.36. The Balaban J connectivity index is 2.35. The number of benzene rings is 2. The molecule has 0 bridgehead atoms. The lowest BCUT2D eigenvalue weighted by molar-refractivity contribution is -0.385. The largest absolute Gasteiger partial charge is 0.450 e. The molecule has 0 aliphatic heterocycles. The Labute approximate surface area is 124 Å². The van der Waals surface area contributed by atoms with Crippen molar-refractivity contribution in [1.29, 1.82) is 0 Å². The van der Waals surface area contributed by atoms with E-state index in [4.69, 9.17) is 4.74 Å². The van der Waals surface area contributed by atoms with Crippen LogP contribution in [0.15, 0.2) is 46.9 Å². The number of hydrogen-bond donors (Lipinski definition) is 1. The first-order chi connectivity index (χ1) is 9.47. The molecule has 104 valence electrons. The summed E-state index contributed by atoms with van der Waals surface area (Å²) < 4.78 is 6.41. The fraction of sp³-hybridized carbons (Fsp3) is 0.143. The molecule has 20 heavy (non-hydrogen) atoms. The smallest absolute Gasteiger partial charge is 0.311 e. The Morgan fingerprint density at radius 1 is 1.25 bits per heavy atom. The molecule has 5 nitrogen and oxygen atoms in total. The van der Waals surface area contributed by atoms with Crippen LogP contribution >= 0.6 is 15.9 Å². The topological polar surface area (TPSA) is 72.6 Å². The fourth-order valence-electron chi connectivity index (χ4n) is 1.65. The second-order valence-corrected chi connectivity index (χ2v) is 5.13. The monoisotopic (exact) mass is 337 g/mol. The van der Waals surface area contributed by atoms with Crippen LogP contribution in [-0.2, 0) is 0 Å². The van der Waals surface area contributed by atoms with E-state index in [0.29, 0.717) is 11.3 Å². The van der Waals surface area contributed by atoms with Gasteiger partial charge in [-0.15, -0.1) is 0 Å². The second-order valence-electron chi connectivity index (χ2n) is 4.22. The third kappa shape index (κ3) is 3.34. The lowest BCUT2D eigenvalue weighted by Crippen LogP contribution is -1.97. The van der Waals surface area contributed by atoms with E-state index in [1.54, 1.807) is 37.3 Å². The van der Waals surface area contributed by atoms with Crippen LogP contribution in [0.1, 0.15) is 18.6 Å². The fourth-order valence-corrected chi connectivity index (χ4v) is 1.92. The standard InChI is InChI=1S/C14H12BrNO4/c1-9(17)10-2-7-14(13(8-10)16(18)19)20-12-5-3-11(15)4-6-12/h2-9,17H,1H3. The minimum Gasteiger partial charge on any atom is -0.450 e. The van der Waals surface area contributed by atoms with Gasteiger partial charge in [0.2, 0.25) is 5.75 Å². The average Bonchev–Trinajstić information content (AvgIpc) is 2.41. The summed E-state index contributed by atoms with van der Waals surface area (Å²) in [7, 11) is 0. The summed E-state index contributed by atoms with van der Waals surface area (Å²) in [4.78, 5) is 10.5. The van der Waals surface area contributed by atoms with Crippen molar-refractivity contribution < 1.29 is 14.8 Å².